The van der Waals surface area contributed by atoms with Crippen molar-refractivity contribution in [2.45, 2.75) is 46.5 Å². The van der Waals surface area contributed by atoms with Crippen LogP contribution in [0.5, 0.6) is 5.75 Å². The first-order valence-electron chi connectivity index (χ1n) is 7.53. The summed E-state index contributed by atoms with van der Waals surface area (Å²) in [6.07, 6.45) is 1.08. The average Bonchev–Trinajstić information content (AvgIpc) is 2.81. The number of anilines is 1. The van der Waals surface area contributed by atoms with E-state index in [4.69, 9.17) is 15.0 Å². The normalized spacial score (nSPS) is 12.5. The van der Waals surface area contributed by atoms with Gasteiger partial charge in [-0.2, -0.15) is 0 Å². The summed E-state index contributed by atoms with van der Waals surface area (Å²) in [4.78, 5) is 0. The fraction of sp³-hybridized carbons (Fsp3) is 0.500. The molecule has 0 saturated carbocycles. The second kappa shape index (κ2) is 5.67. The highest BCUT2D eigenvalue weighted by Gasteiger charge is 2.28. The Morgan fingerprint density at radius 2 is 1.82 bits per heavy atom. The molecule has 0 atom stereocenters. The van der Waals surface area contributed by atoms with Crippen LogP contribution in [0.15, 0.2) is 28.8 Å². The Bertz CT molecular complexity index is 651. The number of ether oxygens (including phenoxy) is 1. The topological polar surface area (TPSA) is 61.3 Å². The molecule has 1 aromatic carbocycles. The van der Waals surface area contributed by atoms with Crippen LogP contribution in [0.4, 0.5) is 5.88 Å². The molecule has 0 aliphatic carbocycles. The third-order valence-corrected chi connectivity index (χ3v) is 3.76. The molecule has 0 radical (unpaired) electrons. The first kappa shape index (κ1) is 16.4. The van der Waals surface area contributed by atoms with Gasteiger partial charge >= 0.3 is 0 Å². The van der Waals surface area contributed by atoms with Crippen LogP contribution in [0.25, 0.3) is 11.3 Å². The van der Waals surface area contributed by atoms with E-state index in [0.29, 0.717) is 11.6 Å². The molecule has 0 spiro atoms. The molecule has 1 aromatic heterocycles. The number of benzene rings is 1. The number of aromatic nitrogens is 1. The van der Waals surface area contributed by atoms with Crippen molar-refractivity contribution in [3.8, 4) is 17.0 Å². The zero-order chi connectivity index (χ0) is 16.5. The third-order valence-electron chi connectivity index (χ3n) is 3.76. The molecule has 22 heavy (non-hydrogen) atoms. The van der Waals surface area contributed by atoms with Crippen LogP contribution in [0.3, 0.4) is 0 Å². The summed E-state index contributed by atoms with van der Waals surface area (Å²) in [5.41, 5.74) is 8.80. The number of nitrogens with zero attached hydrogens (tertiary/aromatic N) is 1. The van der Waals surface area contributed by atoms with Gasteiger partial charge in [-0.05, 0) is 34.9 Å². The average molecular weight is 302 g/mol. The van der Waals surface area contributed by atoms with Gasteiger partial charge in [-0.15, -0.1) is 0 Å². The minimum absolute atomic E-state index is 0.0502. The number of hydrogen-bond donors (Lipinski definition) is 1. The smallest absolute Gasteiger partial charge is 0.222 e. The van der Waals surface area contributed by atoms with E-state index in [0.717, 1.165) is 17.7 Å². The molecule has 120 valence electrons. The number of hydrogen-bond acceptors (Lipinski definition) is 4. The summed E-state index contributed by atoms with van der Waals surface area (Å²) in [5, 5.41) is 4.01. The van der Waals surface area contributed by atoms with E-state index in [1.807, 2.05) is 6.07 Å². The molecule has 2 aromatic rings. The van der Waals surface area contributed by atoms with Gasteiger partial charge in [0.2, 0.25) is 5.88 Å². The summed E-state index contributed by atoms with van der Waals surface area (Å²) in [7, 11) is 1.66. The second-order valence-corrected chi connectivity index (χ2v) is 7.65. The zero-order valence-corrected chi connectivity index (χ0v) is 14.4. The number of nitrogen functional groups attached to an aromatic ring is 1. The van der Waals surface area contributed by atoms with Crippen LogP contribution in [0.2, 0.25) is 0 Å². The van der Waals surface area contributed by atoms with E-state index < -0.39 is 0 Å². The maximum absolute atomic E-state index is 5.64. The van der Waals surface area contributed by atoms with E-state index in [1.54, 1.807) is 13.2 Å². The molecule has 4 heteroatoms. The molecule has 0 unspecified atom stereocenters. The van der Waals surface area contributed by atoms with E-state index >= 15 is 0 Å². The Labute approximate surface area is 132 Å². The minimum Gasteiger partial charge on any atom is -0.496 e. The summed E-state index contributed by atoms with van der Waals surface area (Å²) >= 11 is 0. The number of methoxy groups -OCH3 is 1. The molecule has 0 fully saturated rings. The van der Waals surface area contributed by atoms with Gasteiger partial charge in [0, 0.05) is 11.6 Å². The molecule has 1 heterocycles. The molecule has 0 aliphatic heterocycles. The van der Waals surface area contributed by atoms with E-state index in [9.17, 15) is 0 Å². The van der Waals surface area contributed by atoms with Gasteiger partial charge in [-0.25, -0.2) is 0 Å². The maximum atomic E-state index is 5.64. The van der Waals surface area contributed by atoms with Crippen molar-refractivity contribution in [2.24, 2.45) is 5.41 Å². The lowest BCUT2D eigenvalue weighted by Crippen LogP contribution is -2.24. The second-order valence-electron chi connectivity index (χ2n) is 7.65. The molecular formula is C18H26N2O2. The van der Waals surface area contributed by atoms with Crippen LogP contribution in [0, 0.1) is 5.41 Å². The van der Waals surface area contributed by atoms with Gasteiger partial charge in [0.15, 0.2) is 0 Å². The fourth-order valence-corrected chi connectivity index (χ4v) is 3.17. The minimum atomic E-state index is 0.0502. The summed E-state index contributed by atoms with van der Waals surface area (Å²) in [6, 6.07) is 7.96. The Hall–Kier alpha value is -1.97. The predicted molar refractivity (Wildman–Crippen MR) is 90.0 cm³/mol. The van der Waals surface area contributed by atoms with Crippen molar-refractivity contribution in [1.82, 2.24) is 5.16 Å². The SMILES string of the molecule is COc1ccc(C(C)(C)CC(C)(C)C)cc1-c1cc(N)on1. The van der Waals surface area contributed by atoms with Gasteiger partial charge < -0.3 is 15.0 Å². The van der Waals surface area contributed by atoms with E-state index in [2.05, 4.69) is 51.9 Å². The summed E-state index contributed by atoms with van der Waals surface area (Å²) in [6.45, 7) is 11.3. The lowest BCUT2D eigenvalue weighted by atomic mass is 9.72. The first-order chi connectivity index (χ1) is 10.1. The molecule has 4 nitrogen and oxygen atoms in total. The molecule has 0 amide bonds. The Morgan fingerprint density at radius 1 is 1.14 bits per heavy atom. The monoisotopic (exact) mass is 302 g/mol. The van der Waals surface area contributed by atoms with Crippen molar-refractivity contribution in [1.29, 1.82) is 0 Å². The first-order valence-corrected chi connectivity index (χ1v) is 7.53. The van der Waals surface area contributed by atoms with E-state index in [1.165, 1.54) is 5.56 Å². The van der Waals surface area contributed by atoms with E-state index in [-0.39, 0.29) is 10.8 Å². The Kier molecular flexibility index (Phi) is 4.23. The van der Waals surface area contributed by atoms with Gasteiger partial charge in [0.1, 0.15) is 11.4 Å². The van der Waals surface area contributed by atoms with Crippen LogP contribution >= 0.6 is 0 Å². The van der Waals surface area contributed by atoms with Crippen molar-refractivity contribution >= 4 is 5.88 Å². The van der Waals surface area contributed by atoms with Gasteiger partial charge in [-0.1, -0.05) is 45.8 Å². The Morgan fingerprint density at radius 3 is 2.32 bits per heavy atom. The van der Waals surface area contributed by atoms with Gasteiger partial charge in [-0.3, -0.25) is 0 Å². The van der Waals surface area contributed by atoms with Crippen molar-refractivity contribution < 1.29 is 9.26 Å². The molecule has 0 saturated heterocycles. The molecule has 2 N–H and O–H groups in total. The van der Waals surface area contributed by atoms with Crippen LogP contribution in [-0.2, 0) is 5.41 Å². The summed E-state index contributed by atoms with van der Waals surface area (Å²) < 4.78 is 10.5. The van der Waals surface area contributed by atoms with Crippen molar-refractivity contribution in [3.05, 3.63) is 29.8 Å². The van der Waals surface area contributed by atoms with Crippen molar-refractivity contribution in [3.63, 3.8) is 0 Å². The highest BCUT2D eigenvalue weighted by Crippen LogP contribution is 2.40. The number of rotatable bonds is 4. The highest BCUT2D eigenvalue weighted by atomic mass is 16.5. The molecule has 2 rings (SSSR count). The summed E-state index contributed by atoms with van der Waals surface area (Å²) in [5.74, 6) is 1.07. The predicted octanol–water partition coefficient (Wildman–Crippen LogP) is 4.65. The van der Waals surface area contributed by atoms with Crippen molar-refractivity contribution in [2.75, 3.05) is 12.8 Å². The zero-order valence-electron chi connectivity index (χ0n) is 14.4. The number of nitrogens with two attached hydrogens (primary N) is 1. The molecule has 0 bridgehead atoms. The lowest BCUT2D eigenvalue weighted by Gasteiger charge is -2.33. The fourth-order valence-electron chi connectivity index (χ4n) is 3.17. The highest BCUT2D eigenvalue weighted by molar-refractivity contribution is 5.69. The maximum Gasteiger partial charge on any atom is 0.222 e. The quantitative estimate of drug-likeness (QED) is 0.893. The van der Waals surface area contributed by atoms with Gasteiger partial charge in [0.05, 0.1) is 7.11 Å². The van der Waals surface area contributed by atoms with Crippen LogP contribution in [0.1, 0.15) is 46.6 Å². The largest absolute Gasteiger partial charge is 0.496 e. The Balaban J connectivity index is 2.47. The standard InChI is InChI=1S/C18H26N2O2/c1-17(2,3)11-18(4,5)12-7-8-15(21-6)13(9-12)14-10-16(19)22-20-14/h7-10H,11,19H2,1-6H3. The van der Waals surface area contributed by atoms with Crippen LogP contribution in [-0.4, -0.2) is 12.3 Å². The third kappa shape index (κ3) is 3.62. The molecule has 0 aliphatic rings. The van der Waals surface area contributed by atoms with Crippen LogP contribution < -0.4 is 10.5 Å². The molecular weight excluding hydrogens is 276 g/mol. The lowest BCUT2D eigenvalue weighted by molar-refractivity contribution is 0.284. The van der Waals surface area contributed by atoms with Gasteiger partial charge in [0.25, 0.3) is 0 Å².